The smallest absolute Gasteiger partial charge is 0.310 e. The Bertz CT molecular complexity index is 412. The van der Waals surface area contributed by atoms with E-state index in [0.717, 1.165) is 0 Å². The summed E-state index contributed by atoms with van der Waals surface area (Å²) in [6, 6.07) is 4.34. The molecule has 3 heteroatoms. The molecule has 1 aromatic rings. The maximum atomic E-state index is 10.8. The molecule has 2 atom stereocenters. The van der Waals surface area contributed by atoms with E-state index in [2.05, 4.69) is 44.4 Å². The van der Waals surface area contributed by atoms with Crippen LogP contribution in [0.2, 0.25) is 0 Å². The summed E-state index contributed by atoms with van der Waals surface area (Å²) in [6.45, 7) is 8.35. The molecular weight excluding hydrogens is 226 g/mol. The number of hydrogen-bond acceptors (Lipinski definition) is 1. The van der Waals surface area contributed by atoms with E-state index >= 15 is 0 Å². The highest BCUT2D eigenvalue weighted by Crippen LogP contribution is 2.30. The average Bonchev–Trinajstić information content (AvgIpc) is 2.87. The molecule has 1 N–H and O–H groups in total. The molecule has 0 amide bonds. The zero-order valence-electron chi connectivity index (χ0n) is 11.7. The third-order valence-electron chi connectivity index (χ3n) is 3.04. The number of aromatic nitrogens is 1. The zero-order valence-corrected chi connectivity index (χ0v) is 11.7. The van der Waals surface area contributed by atoms with Crippen molar-refractivity contribution in [1.82, 2.24) is 4.57 Å². The lowest BCUT2D eigenvalue weighted by atomic mass is 10.1. The van der Waals surface area contributed by atoms with Crippen molar-refractivity contribution in [2.24, 2.45) is 5.92 Å². The van der Waals surface area contributed by atoms with Gasteiger partial charge in [0.25, 0.3) is 0 Å². The Morgan fingerprint density at radius 2 is 1.78 bits per heavy atom. The van der Waals surface area contributed by atoms with Gasteiger partial charge < -0.3 is 9.67 Å². The molecule has 1 heterocycles. The second-order valence-corrected chi connectivity index (χ2v) is 4.83. The Morgan fingerprint density at radius 3 is 2.17 bits per heavy atom. The van der Waals surface area contributed by atoms with E-state index in [4.69, 9.17) is 5.11 Å². The predicted molar refractivity (Wildman–Crippen MR) is 73.8 cm³/mol. The van der Waals surface area contributed by atoms with E-state index in [0.29, 0.717) is 6.42 Å². The molecule has 1 aliphatic rings. The highest BCUT2D eigenvalue weighted by Gasteiger charge is 2.26. The largest absolute Gasteiger partial charge is 0.481 e. The summed E-state index contributed by atoms with van der Waals surface area (Å²) in [4.78, 5) is 10.8. The molecule has 3 nitrogen and oxygen atoms in total. The summed E-state index contributed by atoms with van der Waals surface area (Å²) in [6.07, 6.45) is 5.72. The summed E-state index contributed by atoms with van der Waals surface area (Å²) in [7, 11) is 0. The van der Waals surface area contributed by atoms with Crippen molar-refractivity contribution >= 4 is 5.97 Å². The van der Waals surface area contributed by atoms with Gasteiger partial charge in [-0.25, -0.2) is 0 Å². The number of carbonyl (C=O) groups is 1. The minimum Gasteiger partial charge on any atom is -0.481 e. The molecule has 1 aromatic heterocycles. The summed E-state index contributed by atoms with van der Waals surface area (Å²) in [5.74, 6) is -1.05. The molecule has 0 spiro atoms. The van der Waals surface area contributed by atoms with Crippen molar-refractivity contribution in [3.63, 3.8) is 0 Å². The average molecular weight is 249 g/mol. The van der Waals surface area contributed by atoms with Crippen molar-refractivity contribution in [2.45, 2.75) is 46.6 Å². The number of allylic oxidation sites excluding steroid dienone is 1. The molecular formula is C15H23NO2. The van der Waals surface area contributed by atoms with Crippen molar-refractivity contribution < 1.29 is 9.90 Å². The van der Waals surface area contributed by atoms with Gasteiger partial charge in [0, 0.05) is 11.4 Å². The van der Waals surface area contributed by atoms with Crippen molar-refractivity contribution in [1.29, 1.82) is 0 Å². The van der Waals surface area contributed by atoms with Gasteiger partial charge in [0.2, 0.25) is 0 Å². The minimum atomic E-state index is -0.726. The lowest BCUT2D eigenvalue weighted by Gasteiger charge is -2.16. The van der Waals surface area contributed by atoms with Crippen LogP contribution in [0.3, 0.4) is 0 Å². The van der Waals surface area contributed by atoms with Crippen LogP contribution >= 0.6 is 0 Å². The lowest BCUT2D eigenvalue weighted by molar-refractivity contribution is -0.140. The fourth-order valence-electron chi connectivity index (χ4n) is 2.26. The Labute approximate surface area is 109 Å². The van der Waals surface area contributed by atoms with E-state index in [1.165, 1.54) is 17.8 Å². The third kappa shape index (κ3) is 3.25. The first-order valence-electron chi connectivity index (χ1n) is 6.56. The highest BCUT2D eigenvalue weighted by atomic mass is 16.4. The van der Waals surface area contributed by atoms with Crippen LogP contribution in [0.25, 0.3) is 0 Å². The molecule has 0 bridgehead atoms. The lowest BCUT2D eigenvalue weighted by Crippen LogP contribution is -2.13. The molecule has 0 fully saturated rings. The summed E-state index contributed by atoms with van der Waals surface area (Å²) in [5.41, 5.74) is 2.38. The molecule has 0 saturated heterocycles. The van der Waals surface area contributed by atoms with Gasteiger partial charge >= 0.3 is 5.97 Å². The van der Waals surface area contributed by atoms with Gasteiger partial charge in [-0.15, -0.1) is 0 Å². The number of hydrogen-bond donors (Lipinski definition) is 1. The summed E-state index contributed by atoms with van der Waals surface area (Å²) in [5, 5.41) is 8.91. The molecule has 0 radical (unpaired) electrons. The van der Waals surface area contributed by atoms with Crippen LogP contribution in [-0.4, -0.2) is 15.6 Å². The normalized spacial score (nSPS) is 21.6. The van der Waals surface area contributed by atoms with E-state index < -0.39 is 5.97 Å². The molecule has 0 aromatic carbocycles. The number of nitrogens with zero attached hydrogens (tertiary/aromatic N) is 1. The molecule has 0 aliphatic heterocycles. The maximum Gasteiger partial charge on any atom is 0.310 e. The molecule has 0 saturated carbocycles. The number of aliphatic carboxylic acids is 1. The highest BCUT2D eigenvalue weighted by molar-refractivity contribution is 5.72. The van der Waals surface area contributed by atoms with Gasteiger partial charge in [-0.05, 0) is 32.4 Å². The van der Waals surface area contributed by atoms with Gasteiger partial charge in [-0.1, -0.05) is 32.4 Å². The topological polar surface area (TPSA) is 42.2 Å². The van der Waals surface area contributed by atoms with Gasteiger partial charge in [0.05, 0.1) is 12.0 Å². The number of rotatable bonds is 2. The Hall–Kier alpha value is -1.51. The Kier molecular flexibility index (Phi) is 5.20. The summed E-state index contributed by atoms with van der Waals surface area (Å²) >= 11 is 0. The van der Waals surface area contributed by atoms with E-state index in [1.807, 2.05) is 6.08 Å². The van der Waals surface area contributed by atoms with E-state index in [9.17, 15) is 4.79 Å². The first kappa shape index (κ1) is 14.6. The molecule has 2 rings (SSSR count). The SMILES string of the molecule is CCC.Cc1ccc(C)n1C1C=CC(C(=O)O)C1. The Morgan fingerprint density at radius 1 is 1.28 bits per heavy atom. The van der Waals surface area contributed by atoms with Gasteiger partial charge in [-0.3, -0.25) is 4.79 Å². The first-order chi connectivity index (χ1) is 8.51. The molecule has 100 valence electrons. The van der Waals surface area contributed by atoms with Crippen LogP contribution in [-0.2, 0) is 4.79 Å². The van der Waals surface area contributed by atoms with Crippen LogP contribution in [0.4, 0.5) is 0 Å². The number of aryl methyl sites for hydroxylation is 2. The predicted octanol–water partition coefficient (Wildman–Crippen LogP) is 3.72. The fraction of sp³-hybridized carbons (Fsp3) is 0.533. The second-order valence-electron chi connectivity index (χ2n) is 4.83. The van der Waals surface area contributed by atoms with Crippen LogP contribution in [0.5, 0.6) is 0 Å². The van der Waals surface area contributed by atoms with Crippen LogP contribution < -0.4 is 0 Å². The third-order valence-corrected chi connectivity index (χ3v) is 3.04. The monoisotopic (exact) mass is 249 g/mol. The van der Waals surface area contributed by atoms with Crippen LogP contribution in [0.1, 0.15) is 44.1 Å². The minimum absolute atomic E-state index is 0.209. The van der Waals surface area contributed by atoms with Gasteiger partial charge in [-0.2, -0.15) is 0 Å². The van der Waals surface area contributed by atoms with E-state index in [-0.39, 0.29) is 12.0 Å². The van der Waals surface area contributed by atoms with Crippen molar-refractivity contribution in [3.05, 3.63) is 35.7 Å². The van der Waals surface area contributed by atoms with Crippen molar-refractivity contribution in [2.75, 3.05) is 0 Å². The van der Waals surface area contributed by atoms with Gasteiger partial charge in [0.15, 0.2) is 0 Å². The van der Waals surface area contributed by atoms with Crippen molar-refractivity contribution in [3.8, 4) is 0 Å². The van der Waals surface area contributed by atoms with Gasteiger partial charge in [0.1, 0.15) is 0 Å². The molecule has 1 aliphatic carbocycles. The van der Waals surface area contributed by atoms with Crippen LogP contribution in [0.15, 0.2) is 24.3 Å². The van der Waals surface area contributed by atoms with E-state index in [1.54, 1.807) is 6.08 Å². The Balaban J connectivity index is 0.000000492. The summed E-state index contributed by atoms with van der Waals surface area (Å²) < 4.78 is 2.19. The first-order valence-corrected chi connectivity index (χ1v) is 6.56. The maximum absolute atomic E-state index is 10.8. The zero-order chi connectivity index (χ0) is 13.7. The standard InChI is InChI=1S/C12H15NO2.C3H8/c1-8-3-4-9(2)13(8)11-6-5-10(7-11)12(14)15;1-3-2/h3-6,10-11H,7H2,1-2H3,(H,14,15);3H2,1-2H3. The number of carboxylic acid groups (broad SMARTS) is 1. The quantitative estimate of drug-likeness (QED) is 0.812. The van der Waals surface area contributed by atoms with Crippen LogP contribution in [0, 0.1) is 19.8 Å². The molecule has 2 unspecified atom stereocenters. The second kappa shape index (κ2) is 6.43. The fourth-order valence-corrected chi connectivity index (χ4v) is 2.26. The number of carboxylic acids is 1. The molecule has 18 heavy (non-hydrogen) atoms.